The first-order valence-electron chi connectivity index (χ1n) is 10.4. The molecule has 9 heteroatoms. The number of alkyl halides is 2. The summed E-state index contributed by atoms with van der Waals surface area (Å²) in [4.78, 5) is 0. The van der Waals surface area contributed by atoms with E-state index in [1.54, 1.807) is 13.8 Å². The minimum atomic E-state index is -4.67. The van der Waals surface area contributed by atoms with Crippen molar-refractivity contribution in [1.82, 2.24) is 0 Å². The van der Waals surface area contributed by atoms with E-state index in [1.807, 2.05) is 30.3 Å². The van der Waals surface area contributed by atoms with Crippen LogP contribution in [0.1, 0.15) is 46.1 Å². The molecular weight excluding hydrogens is 417 g/mol. The molecule has 1 aromatic rings. The summed E-state index contributed by atoms with van der Waals surface area (Å²) in [6.07, 6.45) is -1.73. The number of hydrogen-bond acceptors (Lipinski definition) is 6. The molecule has 2 aliphatic rings. The summed E-state index contributed by atoms with van der Waals surface area (Å²) in [5, 5.41) is 0. The molecule has 0 aromatic heterocycles. The van der Waals surface area contributed by atoms with Gasteiger partial charge in [-0.25, -0.2) is 0 Å². The van der Waals surface area contributed by atoms with Crippen LogP contribution in [0.5, 0.6) is 0 Å². The van der Waals surface area contributed by atoms with Gasteiger partial charge in [-0.3, -0.25) is 4.57 Å². The van der Waals surface area contributed by atoms with E-state index in [0.29, 0.717) is 13.0 Å². The smallest absolute Gasteiger partial charge is 0.371 e. The van der Waals surface area contributed by atoms with E-state index in [2.05, 4.69) is 0 Å². The Labute approximate surface area is 176 Å². The third-order valence-corrected chi connectivity index (χ3v) is 7.66. The van der Waals surface area contributed by atoms with Gasteiger partial charge < -0.3 is 23.3 Å². The number of ether oxygens (including phenoxy) is 3. The topological polar surface area (TPSA) is 63.2 Å². The number of halogens is 2. The standard InChI is InChI=1S/C21H31F2O6P/c1-5-26-30(24,27-6-2)21(22,23)16-12-13-17(19-18(16)28-20(3,4)29-19)25-14-15-10-8-7-9-11-15/h7-11,16-19H,5-6,12-14H2,1-4H3/t16-,17-,18+,19-/m0/s1. The highest BCUT2D eigenvalue weighted by Crippen LogP contribution is 2.67. The van der Waals surface area contributed by atoms with Crippen LogP contribution < -0.4 is 0 Å². The Hall–Kier alpha value is -0.890. The molecule has 1 saturated heterocycles. The number of rotatable bonds is 9. The van der Waals surface area contributed by atoms with E-state index < -0.39 is 43.3 Å². The van der Waals surface area contributed by atoms with E-state index in [9.17, 15) is 4.57 Å². The molecule has 0 radical (unpaired) electrons. The van der Waals surface area contributed by atoms with Gasteiger partial charge >= 0.3 is 13.3 Å². The Morgan fingerprint density at radius 2 is 1.67 bits per heavy atom. The van der Waals surface area contributed by atoms with Crippen molar-refractivity contribution in [3.8, 4) is 0 Å². The van der Waals surface area contributed by atoms with Crippen LogP contribution in [0.2, 0.25) is 0 Å². The van der Waals surface area contributed by atoms with Crippen molar-refractivity contribution in [2.24, 2.45) is 5.92 Å². The van der Waals surface area contributed by atoms with Crippen LogP contribution in [0.25, 0.3) is 0 Å². The van der Waals surface area contributed by atoms with E-state index >= 15 is 8.78 Å². The molecule has 0 N–H and O–H groups in total. The zero-order valence-electron chi connectivity index (χ0n) is 17.9. The predicted octanol–water partition coefficient (Wildman–Crippen LogP) is 5.36. The fourth-order valence-corrected chi connectivity index (χ4v) is 5.95. The first-order chi connectivity index (χ1) is 14.1. The first kappa shape index (κ1) is 23.8. The zero-order chi connectivity index (χ0) is 22.0. The maximum atomic E-state index is 15.5. The average Bonchev–Trinajstić information content (AvgIpc) is 3.02. The van der Waals surface area contributed by atoms with Crippen LogP contribution in [-0.4, -0.2) is 43.0 Å². The summed E-state index contributed by atoms with van der Waals surface area (Å²) < 4.78 is 71.8. The second-order valence-corrected chi connectivity index (χ2v) is 10.1. The Kier molecular flexibility index (Phi) is 7.37. The fourth-order valence-electron chi connectivity index (χ4n) is 4.17. The number of hydrogen-bond donors (Lipinski definition) is 0. The highest BCUT2D eigenvalue weighted by atomic mass is 31.2. The molecule has 4 atom stereocenters. The second kappa shape index (κ2) is 9.31. The summed E-state index contributed by atoms with van der Waals surface area (Å²) in [6, 6.07) is 9.62. The normalized spacial score (nSPS) is 29.0. The number of fused-ring (bicyclic) bond motifs is 1. The quantitative estimate of drug-likeness (QED) is 0.474. The van der Waals surface area contributed by atoms with Crippen LogP contribution in [0, 0.1) is 5.92 Å². The Bertz CT molecular complexity index is 734. The molecule has 0 spiro atoms. The van der Waals surface area contributed by atoms with Crippen LogP contribution in [-0.2, 0) is 34.4 Å². The lowest BCUT2D eigenvalue weighted by Crippen LogP contribution is -2.51. The molecule has 30 heavy (non-hydrogen) atoms. The van der Waals surface area contributed by atoms with Gasteiger partial charge in [0.15, 0.2) is 5.79 Å². The van der Waals surface area contributed by atoms with Crippen LogP contribution in [0.15, 0.2) is 30.3 Å². The summed E-state index contributed by atoms with van der Waals surface area (Å²) in [5.41, 5.74) is -2.73. The van der Waals surface area contributed by atoms with Crippen molar-refractivity contribution in [2.75, 3.05) is 13.2 Å². The lowest BCUT2D eigenvalue weighted by molar-refractivity contribution is -0.161. The molecule has 170 valence electrons. The molecule has 1 aliphatic heterocycles. The second-order valence-electron chi connectivity index (χ2n) is 8.00. The zero-order valence-corrected chi connectivity index (χ0v) is 18.8. The Morgan fingerprint density at radius 3 is 2.27 bits per heavy atom. The lowest BCUT2D eigenvalue weighted by atomic mass is 9.82. The summed E-state index contributed by atoms with van der Waals surface area (Å²) in [6.45, 7) is 6.45. The average molecular weight is 448 g/mol. The van der Waals surface area contributed by atoms with E-state index in [-0.39, 0.29) is 19.6 Å². The summed E-state index contributed by atoms with van der Waals surface area (Å²) in [7, 11) is -4.67. The van der Waals surface area contributed by atoms with Crippen molar-refractivity contribution in [3.63, 3.8) is 0 Å². The van der Waals surface area contributed by atoms with E-state index in [0.717, 1.165) is 5.56 Å². The molecule has 1 aromatic carbocycles. The van der Waals surface area contributed by atoms with E-state index in [4.69, 9.17) is 23.3 Å². The molecule has 1 aliphatic carbocycles. The number of benzene rings is 1. The van der Waals surface area contributed by atoms with Crippen LogP contribution in [0.4, 0.5) is 8.78 Å². The van der Waals surface area contributed by atoms with Gasteiger partial charge in [-0.05, 0) is 46.1 Å². The van der Waals surface area contributed by atoms with Crippen LogP contribution in [0.3, 0.4) is 0 Å². The minimum Gasteiger partial charge on any atom is -0.371 e. The van der Waals surface area contributed by atoms with Crippen molar-refractivity contribution in [1.29, 1.82) is 0 Å². The molecule has 2 fully saturated rings. The molecule has 0 amide bonds. The van der Waals surface area contributed by atoms with Crippen molar-refractivity contribution >= 4 is 7.60 Å². The summed E-state index contributed by atoms with van der Waals surface area (Å²) >= 11 is 0. The monoisotopic (exact) mass is 448 g/mol. The van der Waals surface area contributed by atoms with Gasteiger partial charge in [0, 0.05) is 0 Å². The Balaban J connectivity index is 1.81. The van der Waals surface area contributed by atoms with Gasteiger partial charge in [0.2, 0.25) is 0 Å². The SMILES string of the molecule is CCOP(=O)(OCC)C(F)(F)[C@H]1CC[C@H](OCc2ccccc2)[C@@H]2OC(C)(C)O[C@@H]21. The largest absolute Gasteiger partial charge is 0.399 e. The molecule has 1 heterocycles. The molecule has 3 rings (SSSR count). The molecular formula is C21H31F2O6P. The highest BCUT2D eigenvalue weighted by molar-refractivity contribution is 7.55. The minimum absolute atomic E-state index is 0.0528. The lowest BCUT2D eigenvalue weighted by Gasteiger charge is -2.41. The van der Waals surface area contributed by atoms with Gasteiger partial charge in [-0.1, -0.05) is 30.3 Å². The van der Waals surface area contributed by atoms with Gasteiger partial charge in [-0.15, -0.1) is 0 Å². The first-order valence-corrected chi connectivity index (χ1v) is 12.0. The fraction of sp³-hybridized carbons (Fsp3) is 0.714. The maximum Gasteiger partial charge on any atom is 0.399 e. The van der Waals surface area contributed by atoms with Gasteiger partial charge in [0.25, 0.3) is 0 Å². The maximum absolute atomic E-state index is 15.5. The van der Waals surface area contributed by atoms with Crippen molar-refractivity contribution in [3.05, 3.63) is 35.9 Å². The Morgan fingerprint density at radius 1 is 1.07 bits per heavy atom. The van der Waals surface area contributed by atoms with Gasteiger partial charge in [-0.2, -0.15) is 8.78 Å². The summed E-state index contributed by atoms with van der Waals surface area (Å²) in [5.74, 6) is -2.42. The molecule has 6 nitrogen and oxygen atoms in total. The molecule has 0 bridgehead atoms. The van der Waals surface area contributed by atoms with Gasteiger partial charge in [0.05, 0.1) is 37.9 Å². The van der Waals surface area contributed by atoms with Crippen molar-refractivity contribution in [2.45, 2.75) is 76.9 Å². The van der Waals surface area contributed by atoms with Crippen LogP contribution >= 0.6 is 7.60 Å². The predicted molar refractivity (Wildman–Crippen MR) is 107 cm³/mol. The van der Waals surface area contributed by atoms with E-state index in [1.165, 1.54) is 13.8 Å². The third kappa shape index (κ3) is 4.79. The molecule has 0 unspecified atom stereocenters. The highest BCUT2D eigenvalue weighted by Gasteiger charge is 2.66. The molecule has 1 saturated carbocycles. The third-order valence-electron chi connectivity index (χ3n) is 5.41. The van der Waals surface area contributed by atoms with Gasteiger partial charge in [0.1, 0.15) is 6.10 Å². The van der Waals surface area contributed by atoms with Crippen molar-refractivity contribution < 1.29 is 36.6 Å².